The molecule has 0 bridgehead atoms. The van der Waals surface area contributed by atoms with Crippen LogP contribution in [0.4, 0.5) is 0 Å². The minimum absolute atomic E-state index is 0.622. The van der Waals surface area contributed by atoms with Crippen LogP contribution in [0.15, 0.2) is 4.42 Å². The lowest BCUT2D eigenvalue weighted by atomic mass is 10.0. The molecule has 0 aromatic carbocycles. The molecule has 1 aromatic heterocycles. The summed E-state index contributed by atoms with van der Waals surface area (Å²) in [4.78, 5) is 0. The van der Waals surface area contributed by atoms with Crippen molar-refractivity contribution in [3.8, 4) is 0 Å². The van der Waals surface area contributed by atoms with Gasteiger partial charge in [0.05, 0.1) is 8.07 Å². The molecule has 2 nitrogen and oxygen atoms in total. The number of rotatable bonds is 15. The fourth-order valence-corrected chi connectivity index (χ4v) is 6.10. The number of methoxy groups -OCH3 is 1. The van der Waals surface area contributed by atoms with Crippen LogP contribution in [0.5, 0.6) is 0 Å². The van der Waals surface area contributed by atoms with Crippen molar-refractivity contribution in [1.29, 1.82) is 0 Å². The highest BCUT2D eigenvalue weighted by atomic mass is 28.3. The van der Waals surface area contributed by atoms with Crippen LogP contribution in [0.1, 0.15) is 95.1 Å². The number of hydrogen-bond donors (Lipinski definition) is 0. The average molecular weight is 381 g/mol. The maximum absolute atomic E-state index is 6.41. The highest BCUT2D eigenvalue weighted by molar-refractivity contribution is 6.89. The SMILES string of the molecule is CCCCCCCCc1oc(COC)c(CCCCCC)c1[Si](C)(C)C. The van der Waals surface area contributed by atoms with Crippen LogP contribution in [0.3, 0.4) is 0 Å². The lowest BCUT2D eigenvalue weighted by Crippen LogP contribution is -2.41. The van der Waals surface area contributed by atoms with Crippen LogP contribution in [-0.4, -0.2) is 15.2 Å². The highest BCUT2D eigenvalue weighted by Crippen LogP contribution is 2.24. The molecule has 0 spiro atoms. The summed E-state index contributed by atoms with van der Waals surface area (Å²) in [7, 11) is 0.353. The lowest BCUT2D eigenvalue weighted by Gasteiger charge is -2.19. The molecule has 1 rings (SSSR count). The first-order valence-electron chi connectivity index (χ1n) is 11.1. The van der Waals surface area contributed by atoms with Gasteiger partial charge in [-0.2, -0.15) is 0 Å². The van der Waals surface area contributed by atoms with Crippen LogP contribution >= 0.6 is 0 Å². The van der Waals surface area contributed by atoms with Gasteiger partial charge in [0.2, 0.25) is 0 Å². The van der Waals surface area contributed by atoms with Gasteiger partial charge < -0.3 is 9.15 Å². The van der Waals surface area contributed by atoms with E-state index in [1.807, 2.05) is 0 Å². The van der Waals surface area contributed by atoms with E-state index in [-0.39, 0.29) is 0 Å². The van der Waals surface area contributed by atoms with Gasteiger partial charge in [0.25, 0.3) is 0 Å². The Hall–Kier alpha value is -0.543. The van der Waals surface area contributed by atoms with Gasteiger partial charge in [-0.3, -0.25) is 0 Å². The molecule has 1 heterocycles. The maximum atomic E-state index is 6.41. The van der Waals surface area contributed by atoms with Crippen molar-refractivity contribution in [3.05, 3.63) is 17.1 Å². The summed E-state index contributed by atoms with van der Waals surface area (Å²) < 4.78 is 11.9. The normalized spacial score (nSPS) is 12.1. The summed E-state index contributed by atoms with van der Waals surface area (Å²) in [5, 5.41) is 1.61. The lowest BCUT2D eigenvalue weighted by molar-refractivity contribution is 0.161. The van der Waals surface area contributed by atoms with E-state index in [0.717, 1.165) is 18.6 Å². The zero-order valence-electron chi connectivity index (χ0n) is 18.5. The maximum Gasteiger partial charge on any atom is 0.132 e. The standard InChI is InChI=1S/C23H44O2Si/c1-7-9-11-13-14-16-18-21-23(26(4,5)6)20(17-15-12-10-8-2)22(25-21)19-24-3/h7-19H2,1-6H3. The predicted octanol–water partition coefficient (Wildman–Crippen LogP) is 7.00. The largest absolute Gasteiger partial charge is 0.463 e. The third kappa shape index (κ3) is 8.00. The summed E-state index contributed by atoms with van der Waals surface area (Å²) in [5.74, 6) is 2.40. The Kier molecular flexibility index (Phi) is 11.5. The number of aryl methyl sites for hydroxylation is 1. The van der Waals surface area contributed by atoms with E-state index < -0.39 is 8.07 Å². The first kappa shape index (κ1) is 23.5. The molecule has 0 saturated carbocycles. The molecule has 3 heteroatoms. The average Bonchev–Trinajstić information content (AvgIpc) is 2.93. The summed E-state index contributed by atoms with van der Waals surface area (Å²) in [6.45, 7) is 12.6. The van der Waals surface area contributed by atoms with Crippen molar-refractivity contribution >= 4 is 13.3 Å². The van der Waals surface area contributed by atoms with Gasteiger partial charge in [0.1, 0.15) is 18.1 Å². The Balaban J connectivity index is 2.86. The van der Waals surface area contributed by atoms with Crippen molar-refractivity contribution in [1.82, 2.24) is 0 Å². The van der Waals surface area contributed by atoms with Crippen LogP contribution in [0, 0.1) is 0 Å². The van der Waals surface area contributed by atoms with Gasteiger partial charge in [0, 0.05) is 13.5 Å². The summed E-state index contributed by atoms with van der Waals surface area (Å²) in [6, 6.07) is 0. The van der Waals surface area contributed by atoms with Crippen LogP contribution < -0.4 is 5.19 Å². The molecule has 0 aliphatic rings. The van der Waals surface area contributed by atoms with Gasteiger partial charge in [0.15, 0.2) is 0 Å². The molecule has 0 amide bonds. The molecular formula is C23H44O2Si. The first-order valence-corrected chi connectivity index (χ1v) is 14.6. The predicted molar refractivity (Wildman–Crippen MR) is 117 cm³/mol. The molecule has 0 aliphatic heterocycles. The zero-order chi connectivity index (χ0) is 19.4. The minimum atomic E-state index is -1.43. The minimum Gasteiger partial charge on any atom is -0.463 e. The molecule has 0 saturated heterocycles. The van der Waals surface area contributed by atoms with Crippen molar-refractivity contribution in [2.75, 3.05) is 7.11 Å². The molecule has 1 aromatic rings. The second-order valence-electron chi connectivity index (χ2n) is 8.81. The van der Waals surface area contributed by atoms with Gasteiger partial charge in [-0.05, 0) is 30.0 Å². The Morgan fingerprint density at radius 2 is 1.27 bits per heavy atom. The van der Waals surface area contributed by atoms with Crippen LogP contribution in [0.25, 0.3) is 0 Å². The molecule has 0 unspecified atom stereocenters. The molecule has 0 aliphatic carbocycles. The van der Waals surface area contributed by atoms with E-state index in [0.29, 0.717) is 6.61 Å². The summed E-state index contributed by atoms with van der Waals surface area (Å²) in [6.07, 6.45) is 15.5. The van der Waals surface area contributed by atoms with Gasteiger partial charge in [-0.25, -0.2) is 0 Å². The van der Waals surface area contributed by atoms with Crippen molar-refractivity contribution in [3.63, 3.8) is 0 Å². The Bertz CT molecular complexity index is 485. The molecule has 0 atom stereocenters. The molecule has 26 heavy (non-hydrogen) atoms. The third-order valence-electron chi connectivity index (χ3n) is 5.23. The zero-order valence-corrected chi connectivity index (χ0v) is 19.5. The molecule has 0 radical (unpaired) electrons. The van der Waals surface area contributed by atoms with Crippen LogP contribution in [-0.2, 0) is 24.2 Å². The van der Waals surface area contributed by atoms with Crippen molar-refractivity contribution < 1.29 is 9.15 Å². The smallest absolute Gasteiger partial charge is 0.132 e. The Morgan fingerprint density at radius 3 is 1.85 bits per heavy atom. The molecular weight excluding hydrogens is 336 g/mol. The number of hydrogen-bond acceptors (Lipinski definition) is 2. The number of ether oxygens (including phenoxy) is 1. The van der Waals surface area contributed by atoms with Crippen LogP contribution in [0.2, 0.25) is 19.6 Å². The van der Waals surface area contributed by atoms with Crippen molar-refractivity contribution in [2.24, 2.45) is 0 Å². The monoisotopic (exact) mass is 380 g/mol. The molecule has 0 N–H and O–H groups in total. The number of unbranched alkanes of at least 4 members (excludes halogenated alkanes) is 8. The van der Waals surface area contributed by atoms with E-state index in [2.05, 4.69) is 33.5 Å². The second-order valence-corrected chi connectivity index (χ2v) is 13.8. The van der Waals surface area contributed by atoms with E-state index in [1.165, 1.54) is 75.5 Å². The van der Waals surface area contributed by atoms with E-state index >= 15 is 0 Å². The van der Waals surface area contributed by atoms with Gasteiger partial charge >= 0.3 is 0 Å². The Morgan fingerprint density at radius 1 is 0.731 bits per heavy atom. The van der Waals surface area contributed by atoms with E-state index in [4.69, 9.17) is 9.15 Å². The third-order valence-corrected chi connectivity index (χ3v) is 7.31. The second kappa shape index (κ2) is 12.8. The topological polar surface area (TPSA) is 22.4 Å². The quantitative estimate of drug-likeness (QED) is 0.241. The molecule has 0 fully saturated rings. The highest BCUT2D eigenvalue weighted by Gasteiger charge is 2.29. The summed E-state index contributed by atoms with van der Waals surface area (Å²) in [5.41, 5.74) is 1.50. The van der Waals surface area contributed by atoms with Crippen molar-refractivity contribution in [2.45, 2.75) is 117 Å². The Labute approximate surface area is 164 Å². The summed E-state index contributed by atoms with van der Waals surface area (Å²) >= 11 is 0. The first-order chi connectivity index (χ1) is 12.5. The fraction of sp³-hybridized carbons (Fsp3) is 0.826. The van der Waals surface area contributed by atoms with E-state index in [9.17, 15) is 0 Å². The van der Waals surface area contributed by atoms with E-state index in [1.54, 1.807) is 12.3 Å². The fourth-order valence-electron chi connectivity index (χ4n) is 3.92. The number of furan rings is 1. The van der Waals surface area contributed by atoms with Gasteiger partial charge in [-0.1, -0.05) is 84.9 Å². The van der Waals surface area contributed by atoms with Gasteiger partial charge in [-0.15, -0.1) is 0 Å². The molecule has 152 valence electrons.